The number of rotatable bonds is 5. The number of nitrogens with one attached hydrogen (secondary N) is 1. The molecule has 7 nitrogen and oxygen atoms in total. The molecule has 22 heavy (non-hydrogen) atoms. The van der Waals surface area contributed by atoms with Gasteiger partial charge in [0, 0.05) is 5.38 Å². The van der Waals surface area contributed by atoms with Crippen LogP contribution in [0.1, 0.15) is 5.56 Å². The minimum atomic E-state index is -0.00374. The van der Waals surface area contributed by atoms with Crippen LogP contribution in [0.15, 0.2) is 53.2 Å². The van der Waals surface area contributed by atoms with E-state index in [0.29, 0.717) is 11.7 Å². The van der Waals surface area contributed by atoms with Gasteiger partial charge in [-0.15, -0.1) is 11.3 Å². The molecule has 0 amide bonds. The number of benzene rings is 1. The molecule has 0 bridgehead atoms. The molecular weight excluding hydrogens is 298 g/mol. The van der Waals surface area contributed by atoms with E-state index in [1.54, 1.807) is 6.33 Å². The van der Waals surface area contributed by atoms with E-state index in [4.69, 9.17) is 11.5 Å². The summed E-state index contributed by atoms with van der Waals surface area (Å²) in [6, 6.07) is 10.1. The molecule has 1 aromatic carbocycles. The predicted octanol–water partition coefficient (Wildman–Crippen LogP) is 1.66. The molecule has 5 N–H and O–H groups in total. The summed E-state index contributed by atoms with van der Waals surface area (Å²) in [6.07, 6.45) is 3.58. The Bertz CT molecular complexity index is 771. The number of hydrogen-bond donors (Lipinski definition) is 3. The molecule has 0 saturated heterocycles. The van der Waals surface area contributed by atoms with Gasteiger partial charge in [-0.3, -0.25) is 4.68 Å². The van der Waals surface area contributed by atoms with E-state index in [-0.39, 0.29) is 5.96 Å². The number of aliphatic imine (C=N–C) groups is 1. The maximum absolute atomic E-state index is 5.34. The topological polar surface area (TPSA) is 107 Å². The van der Waals surface area contributed by atoms with Gasteiger partial charge in [-0.25, -0.2) is 9.97 Å². The number of nitrogens with two attached hydrogens (primary N) is 2. The first kappa shape index (κ1) is 14.1. The number of hydrogen-bond acceptors (Lipinski definition) is 5. The Morgan fingerprint density at radius 1 is 1.23 bits per heavy atom. The van der Waals surface area contributed by atoms with Crippen LogP contribution in [-0.4, -0.2) is 20.6 Å². The zero-order chi connectivity index (χ0) is 15.4. The van der Waals surface area contributed by atoms with Crippen molar-refractivity contribution in [3.05, 3.63) is 53.8 Å². The third-order valence-electron chi connectivity index (χ3n) is 2.87. The van der Waals surface area contributed by atoms with Crippen molar-refractivity contribution in [3.8, 4) is 11.4 Å². The summed E-state index contributed by atoms with van der Waals surface area (Å²) in [4.78, 5) is 12.6. The van der Waals surface area contributed by atoms with Gasteiger partial charge in [-0.2, -0.15) is 4.99 Å². The third kappa shape index (κ3) is 3.41. The number of thiazole rings is 1. The molecule has 2 aromatic heterocycles. The van der Waals surface area contributed by atoms with Crippen molar-refractivity contribution < 1.29 is 0 Å². The molecule has 0 aliphatic rings. The van der Waals surface area contributed by atoms with Crippen LogP contribution in [0.2, 0.25) is 0 Å². The van der Waals surface area contributed by atoms with Crippen molar-refractivity contribution >= 4 is 22.4 Å². The third-order valence-corrected chi connectivity index (χ3v) is 3.60. The molecule has 0 unspecified atom stereocenters. The van der Waals surface area contributed by atoms with Gasteiger partial charge >= 0.3 is 0 Å². The van der Waals surface area contributed by atoms with E-state index in [1.165, 1.54) is 16.9 Å². The maximum Gasteiger partial charge on any atom is 0.212 e. The molecule has 0 atom stereocenters. The van der Waals surface area contributed by atoms with Gasteiger partial charge in [0.15, 0.2) is 5.96 Å². The lowest BCUT2D eigenvalue weighted by Gasteiger charge is -2.05. The van der Waals surface area contributed by atoms with Crippen molar-refractivity contribution in [2.45, 2.75) is 6.54 Å². The van der Waals surface area contributed by atoms with Crippen LogP contribution >= 0.6 is 11.3 Å². The quantitative estimate of drug-likeness (QED) is 0.490. The molecule has 112 valence electrons. The second-order valence-electron chi connectivity index (χ2n) is 4.54. The molecule has 3 aromatic rings. The number of aromatic nitrogens is 3. The van der Waals surface area contributed by atoms with Crippen LogP contribution in [-0.2, 0) is 6.54 Å². The molecule has 0 aliphatic heterocycles. The van der Waals surface area contributed by atoms with Crippen LogP contribution in [0.3, 0.4) is 0 Å². The van der Waals surface area contributed by atoms with Gasteiger partial charge in [0.1, 0.15) is 17.7 Å². The molecule has 0 spiro atoms. The summed E-state index contributed by atoms with van der Waals surface area (Å²) in [6.45, 7) is 0.715. The molecule has 0 fully saturated rings. The zero-order valence-corrected chi connectivity index (χ0v) is 12.5. The second-order valence-corrected chi connectivity index (χ2v) is 5.38. The average molecular weight is 313 g/mol. The fraction of sp³-hybridized carbons (Fsp3) is 0.0714. The van der Waals surface area contributed by atoms with E-state index in [1.807, 2.05) is 34.5 Å². The highest BCUT2D eigenvalue weighted by atomic mass is 32.1. The Morgan fingerprint density at radius 2 is 2.05 bits per heavy atom. The van der Waals surface area contributed by atoms with Crippen molar-refractivity contribution in [2.75, 3.05) is 5.43 Å². The molecular formula is C14H15N7S. The molecule has 0 aliphatic carbocycles. The lowest BCUT2D eigenvalue weighted by atomic mass is 10.2. The fourth-order valence-corrected chi connectivity index (χ4v) is 2.56. The van der Waals surface area contributed by atoms with Gasteiger partial charge in [0.2, 0.25) is 5.13 Å². The Hall–Kier alpha value is -2.87. The number of guanidine groups is 1. The van der Waals surface area contributed by atoms with E-state index in [0.717, 1.165) is 11.4 Å². The SMILES string of the molecule is NC(N)=Nc1nc(-c2cn(NCc3ccccc3)cn2)cs1. The number of imidazole rings is 1. The van der Waals surface area contributed by atoms with E-state index in [9.17, 15) is 0 Å². The minimum Gasteiger partial charge on any atom is -0.370 e. The molecule has 3 rings (SSSR count). The van der Waals surface area contributed by atoms with Crippen LogP contribution < -0.4 is 16.9 Å². The normalized spacial score (nSPS) is 10.4. The molecule has 2 heterocycles. The summed E-state index contributed by atoms with van der Waals surface area (Å²) in [7, 11) is 0. The zero-order valence-electron chi connectivity index (χ0n) is 11.7. The molecule has 8 heteroatoms. The highest BCUT2D eigenvalue weighted by Crippen LogP contribution is 2.25. The first-order valence-electron chi connectivity index (χ1n) is 6.58. The Balaban J connectivity index is 1.68. The summed E-state index contributed by atoms with van der Waals surface area (Å²) < 4.78 is 1.81. The monoisotopic (exact) mass is 313 g/mol. The fourth-order valence-electron chi connectivity index (χ4n) is 1.86. The maximum atomic E-state index is 5.34. The average Bonchev–Trinajstić information content (AvgIpc) is 3.14. The van der Waals surface area contributed by atoms with Crippen molar-refractivity contribution in [1.82, 2.24) is 14.6 Å². The van der Waals surface area contributed by atoms with E-state index < -0.39 is 0 Å². The Kier molecular flexibility index (Phi) is 4.01. The Morgan fingerprint density at radius 3 is 2.82 bits per heavy atom. The van der Waals surface area contributed by atoms with Gasteiger partial charge in [-0.05, 0) is 5.56 Å². The minimum absolute atomic E-state index is 0.00374. The summed E-state index contributed by atoms with van der Waals surface area (Å²) in [5, 5.41) is 2.38. The predicted molar refractivity (Wildman–Crippen MR) is 88.3 cm³/mol. The van der Waals surface area contributed by atoms with Crippen molar-refractivity contribution in [2.24, 2.45) is 16.5 Å². The van der Waals surface area contributed by atoms with Crippen LogP contribution in [0.4, 0.5) is 5.13 Å². The van der Waals surface area contributed by atoms with Gasteiger partial charge in [0.05, 0.1) is 12.7 Å². The van der Waals surface area contributed by atoms with E-state index in [2.05, 4.69) is 32.5 Å². The first-order chi connectivity index (χ1) is 10.7. The highest BCUT2D eigenvalue weighted by Gasteiger charge is 2.07. The lowest BCUT2D eigenvalue weighted by Crippen LogP contribution is -2.21. The Labute approximate surface area is 131 Å². The summed E-state index contributed by atoms with van der Waals surface area (Å²) in [5.41, 5.74) is 16.6. The summed E-state index contributed by atoms with van der Waals surface area (Å²) >= 11 is 1.36. The van der Waals surface area contributed by atoms with Crippen LogP contribution in [0, 0.1) is 0 Å². The van der Waals surface area contributed by atoms with Crippen LogP contribution in [0.25, 0.3) is 11.4 Å². The van der Waals surface area contributed by atoms with Crippen molar-refractivity contribution in [3.63, 3.8) is 0 Å². The highest BCUT2D eigenvalue weighted by molar-refractivity contribution is 7.13. The lowest BCUT2D eigenvalue weighted by molar-refractivity contribution is 0.839. The largest absolute Gasteiger partial charge is 0.370 e. The standard InChI is InChI=1S/C14H15N7S/c15-13(16)20-14-19-12(8-22-14)11-7-21(9-17-11)18-6-10-4-2-1-3-5-10/h1-5,7-9,18H,6H2,(H4,15,16,19,20). The van der Waals surface area contributed by atoms with E-state index >= 15 is 0 Å². The smallest absolute Gasteiger partial charge is 0.212 e. The van der Waals surface area contributed by atoms with Crippen molar-refractivity contribution in [1.29, 1.82) is 0 Å². The molecule has 0 saturated carbocycles. The second kappa shape index (κ2) is 6.27. The van der Waals surface area contributed by atoms with Gasteiger partial charge in [-0.1, -0.05) is 30.3 Å². The number of nitrogens with zero attached hydrogens (tertiary/aromatic N) is 4. The van der Waals surface area contributed by atoms with Gasteiger partial charge < -0.3 is 16.9 Å². The first-order valence-corrected chi connectivity index (χ1v) is 7.46. The van der Waals surface area contributed by atoms with Crippen LogP contribution in [0.5, 0.6) is 0 Å². The summed E-state index contributed by atoms with van der Waals surface area (Å²) in [5.74, 6) is -0.00374. The molecule has 0 radical (unpaired) electrons. The van der Waals surface area contributed by atoms with Gasteiger partial charge in [0.25, 0.3) is 0 Å².